The Balaban J connectivity index is 1.53. The van der Waals surface area contributed by atoms with Crippen molar-refractivity contribution in [1.82, 2.24) is 4.98 Å². The molecule has 0 spiro atoms. The highest BCUT2D eigenvalue weighted by Crippen LogP contribution is 2.30. The van der Waals surface area contributed by atoms with E-state index >= 15 is 0 Å². The molecular formula is C18H20N2O3S3. The lowest BCUT2D eigenvalue weighted by Crippen LogP contribution is -2.17. The number of rotatable bonds is 8. The van der Waals surface area contributed by atoms with E-state index in [1.165, 1.54) is 12.7 Å². The molecule has 0 radical (unpaired) electrons. The minimum atomic E-state index is -3.41. The van der Waals surface area contributed by atoms with E-state index in [9.17, 15) is 8.42 Å². The van der Waals surface area contributed by atoms with Crippen LogP contribution in [0.3, 0.4) is 0 Å². The van der Waals surface area contributed by atoms with E-state index in [1.54, 1.807) is 47.4 Å². The molecule has 0 aliphatic carbocycles. The second kappa shape index (κ2) is 8.28. The highest BCUT2D eigenvalue weighted by atomic mass is 32.2. The number of nitrogens with zero attached hydrogens (tertiary/aromatic N) is 1. The van der Waals surface area contributed by atoms with Gasteiger partial charge >= 0.3 is 0 Å². The summed E-state index contributed by atoms with van der Waals surface area (Å²) in [5, 5.41) is 0. The summed E-state index contributed by atoms with van der Waals surface area (Å²) in [5.41, 5.74) is 2.65. The van der Waals surface area contributed by atoms with Crippen molar-refractivity contribution in [2.45, 2.75) is 17.7 Å². The van der Waals surface area contributed by atoms with E-state index < -0.39 is 10.0 Å². The van der Waals surface area contributed by atoms with Gasteiger partial charge in [0, 0.05) is 5.75 Å². The number of thioether (sulfide) groups is 1. The maximum absolute atomic E-state index is 12.3. The van der Waals surface area contributed by atoms with E-state index in [1.807, 2.05) is 6.92 Å². The number of sulfonamides is 1. The molecule has 1 heterocycles. The van der Waals surface area contributed by atoms with E-state index in [4.69, 9.17) is 4.74 Å². The Kier molecular flexibility index (Phi) is 6.05. The molecule has 0 fully saturated rings. The Morgan fingerprint density at radius 2 is 2.04 bits per heavy atom. The third-order valence-corrected chi connectivity index (χ3v) is 7.30. The van der Waals surface area contributed by atoms with Crippen LogP contribution < -0.4 is 9.46 Å². The summed E-state index contributed by atoms with van der Waals surface area (Å²) >= 11 is 3.24. The van der Waals surface area contributed by atoms with Crippen LogP contribution in [0.5, 0.6) is 5.75 Å². The molecule has 0 atom stereocenters. The number of nitrogens with one attached hydrogen (secondary N) is 1. The molecule has 1 N–H and O–H groups in total. The third-order valence-electron chi connectivity index (χ3n) is 3.68. The fraction of sp³-hybridized carbons (Fsp3) is 0.278. The number of thiazole rings is 1. The van der Waals surface area contributed by atoms with Crippen molar-refractivity contribution in [2.75, 3.05) is 23.3 Å². The van der Waals surface area contributed by atoms with Gasteiger partial charge in [-0.25, -0.2) is 13.4 Å². The van der Waals surface area contributed by atoms with Gasteiger partial charge in [0.05, 0.1) is 28.8 Å². The first kappa shape index (κ1) is 19.0. The average molecular weight is 409 g/mol. The molecule has 0 aliphatic heterocycles. The molecule has 0 unspecified atom stereocenters. The molecule has 8 heteroatoms. The van der Waals surface area contributed by atoms with Gasteiger partial charge in [-0.3, -0.25) is 4.72 Å². The highest BCUT2D eigenvalue weighted by Gasteiger charge is 2.13. The zero-order valence-electron chi connectivity index (χ0n) is 14.6. The zero-order valence-corrected chi connectivity index (χ0v) is 17.0. The lowest BCUT2D eigenvalue weighted by molar-refractivity contribution is 0.417. The van der Waals surface area contributed by atoms with Gasteiger partial charge in [0.15, 0.2) is 4.34 Å². The summed E-state index contributed by atoms with van der Waals surface area (Å²) in [6.07, 6.45) is 0.546. The quantitative estimate of drug-likeness (QED) is 0.438. The van der Waals surface area contributed by atoms with Crippen LogP contribution in [0.25, 0.3) is 10.2 Å². The number of methoxy groups -OCH3 is 1. The Hall–Kier alpha value is -1.77. The largest absolute Gasteiger partial charge is 0.495 e. The number of benzene rings is 2. The zero-order chi connectivity index (χ0) is 18.6. The Morgan fingerprint density at radius 3 is 2.85 bits per heavy atom. The fourth-order valence-electron chi connectivity index (χ4n) is 2.43. The van der Waals surface area contributed by atoms with Gasteiger partial charge in [-0.1, -0.05) is 30.0 Å². The molecule has 138 valence electrons. The topological polar surface area (TPSA) is 68.3 Å². The summed E-state index contributed by atoms with van der Waals surface area (Å²) in [4.78, 5) is 4.60. The van der Waals surface area contributed by atoms with Crippen LogP contribution in [0, 0.1) is 6.92 Å². The normalized spacial score (nSPS) is 11.6. The van der Waals surface area contributed by atoms with Crippen LogP contribution in [0.1, 0.15) is 12.0 Å². The second-order valence-electron chi connectivity index (χ2n) is 5.77. The highest BCUT2D eigenvalue weighted by molar-refractivity contribution is 8.01. The van der Waals surface area contributed by atoms with Crippen LogP contribution in [-0.2, 0) is 10.0 Å². The van der Waals surface area contributed by atoms with Gasteiger partial charge in [0.25, 0.3) is 0 Å². The molecule has 1 aromatic heterocycles. The Morgan fingerprint density at radius 1 is 1.23 bits per heavy atom. The van der Waals surface area contributed by atoms with E-state index in [0.29, 0.717) is 23.6 Å². The van der Waals surface area contributed by atoms with Crippen molar-refractivity contribution >= 4 is 49.0 Å². The monoisotopic (exact) mass is 408 g/mol. The first-order valence-corrected chi connectivity index (χ1v) is 11.6. The Labute approximate surface area is 161 Å². The van der Waals surface area contributed by atoms with Crippen molar-refractivity contribution in [3.8, 4) is 5.75 Å². The molecule has 2 aromatic carbocycles. The summed E-state index contributed by atoms with van der Waals surface area (Å²) in [7, 11) is -1.90. The van der Waals surface area contributed by atoms with Gasteiger partial charge in [-0.15, -0.1) is 11.3 Å². The number of aromatic nitrogens is 1. The van der Waals surface area contributed by atoms with Gasteiger partial charge in [0.2, 0.25) is 10.0 Å². The first-order chi connectivity index (χ1) is 12.5. The van der Waals surface area contributed by atoms with Crippen molar-refractivity contribution in [1.29, 1.82) is 0 Å². The van der Waals surface area contributed by atoms with Crippen LogP contribution in [-0.4, -0.2) is 32.0 Å². The number of hydrogen-bond acceptors (Lipinski definition) is 6. The van der Waals surface area contributed by atoms with Crippen LogP contribution in [0.2, 0.25) is 0 Å². The molecule has 0 bridgehead atoms. The van der Waals surface area contributed by atoms with Gasteiger partial charge in [0.1, 0.15) is 5.75 Å². The molecule has 5 nitrogen and oxygen atoms in total. The number of hydrogen-bond donors (Lipinski definition) is 1. The van der Waals surface area contributed by atoms with E-state index in [-0.39, 0.29) is 5.75 Å². The standard InChI is InChI=1S/C18H20N2O3S3/c1-13-8-9-17-15(12-13)19-18(25-17)24-10-5-11-26(21,22)20-14-6-3-4-7-16(14)23-2/h3-4,6-9,12,20H,5,10-11H2,1-2H3. The van der Waals surface area contributed by atoms with E-state index in [2.05, 4.69) is 27.9 Å². The lowest BCUT2D eigenvalue weighted by Gasteiger charge is -2.11. The summed E-state index contributed by atoms with van der Waals surface area (Å²) in [6, 6.07) is 13.2. The minimum absolute atomic E-state index is 0.0576. The number of fused-ring (bicyclic) bond motifs is 1. The molecule has 0 aliphatic rings. The van der Waals surface area contributed by atoms with Crippen LogP contribution in [0.4, 0.5) is 5.69 Å². The van der Waals surface area contributed by atoms with Crippen molar-refractivity contribution in [3.05, 3.63) is 48.0 Å². The van der Waals surface area contributed by atoms with Gasteiger partial charge < -0.3 is 4.74 Å². The molecule has 26 heavy (non-hydrogen) atoms. The van der Waals surface area contributed by atoms with Crippen molar-refractivity contribution < 1.29 is 13.2 Å². The predicted octanol–water partition coefficient (Wildman–Crippen LogP) is 4.54. The first-order valence-electron chi connectivity index (χ1n) is 8.10. The molecule has 3 rings (SSSR count). The number of para-hydroxylation sites is 2. The maximum atomic E-state index is 12.3. The molecule has 3 aromatic rings. The van der Waals surface area contributed by atoms with Crippen molar-refractivity contribution in [2.24, 2.45) is 0 Å². The summed E-state index contributed by atoms with van der Waals surface area (Å²) < 4.78 is 34.4. The molecule has 0 amide bonds. The third kappa shape index (κ3) is 4.90. The Bertz CT molecular complexity index is 1000. The smallest absolute Gasteiger partial charge is 0.232 e. The second-order valence-corrected chi connectivity index (χ2v) is 9.99. The predicted molar refractivity (Wildman–Crippen MR) is 110 cm³/mol. The van der Waals surface area contributed by atoms with Gasteiger partial charge in [-0.05, 0) is 43.2 Å². The number of anilines is 1. The SMILES string of the molecule is COc1ccccc1NS(=O)(=O)CCCSc1nc2cc(C)ccc2s1. The molecule has 0 saturated heterocycles. The van der Waals surface area contributed by atoms with Crippen LogP contribution >= 0.6 is 23.1 Å². The van der Waals surface area contributed by atoms with Gasteiger partial charge in [-0.2, -0.15) is 0 Å². The number of ether oxygens (including phenoxy) is 1. The van der Waals surface area contributed by atoms with E-state index in [0.717, 1.165) is 14.6 Å². The summed E-state index contributed by atoms with van der Waals surface area (Å²) in [6.45, 7) is 2.05. The summed E-state index contributed by atoms with van der Waals surface area (Å²) in [5.74, 6) is 1.27. The van der Waals surface area contributed by atoms with Crippen LogP contribution in [0.15, 0.2) is 46.8 Å². The molecule has 0 saturated carbocycles. The minimum Gasteiger partial charge on any atom is -0.495 e. The maximum Gasteiger partial charge on any atom is 0.232 e. The molecular weight excluding hydrogens is 388 g/mol. The lowest BCUT2D eigenvalue weighted by atomic mass is 10.2. The van der Waals surface area contributed by atoms with Crippen molar-refractivity contribution in [3.63, 3.8) is 0 Å². The fourth-order valence-corrected chi connectivity index (χ4v) is 5.81. The number of aryl methyl sites for hydroxylation is 1. The average Bonchev–Trinajstić information content (AvgIpc) is 3.01.